The van der Waals surface area contributed by atoms with E-state index >= 15 is 0 Å². The summed E-state index contributed by atoms with van der Waals surface area (Å²) in [4.78, 5) is 2.08. The number of nitrogens with zero attached hydrogens (tertiary/aromatic N) is 2. The molecule has 1 heterocycles. The predicted octanol–water partition coefficient (Wildman–Crippen LogP) is 2.19. The Labute approximate surface area is 110 Å². The number of nitrogens with two attached hydrogens (primary N) is 1. The van der Waals surface area contributed by atoms with Gasteiger partial charge in [-0.2, -0.15) is 0 Å². The van der Waals surface area contributed by atoms with Crippen molar-refractivity contribution >= 4 is 17.4 Å². The number of halogens is 2. The van der Waals surface area contributed by atoms with Crippen LogP contribution in [0.25, 0.3) is 0 Å². The Kier molecular flexibility index (Phi) is 4.04. The number of hydrogen-bond donors (Lipinski definition) is 2. The number of benzene rings is 1. The minimum absolute atomic E-state index is 0.0730. The first-order chi connectivity index (χ1) is 8.61. The maximum absolute atomic E-state index is 13.0. The van der Waals surface area contributed by atoms with E-state index in [1.807, 2.05) is 0 Å². The van der Waals surface area contributed by atoms with E-state index in [0.717, 1.165) is 24.9 Å². The summed E-state index contributed by atoms with van der Waals surface area (Å²) in [6, 6.07) is 4.27. The maximum Gasteiger partial charge on any atom is 0.156 e. The number of oxime groups is 1. The lowest BCUT2D eigenvalue weighted by Crippen LogP contribution is -2.40. The highest BCUT2D eigenvalue weighted by atomic mass is 35.5. The second-order valence-corrected chi connectivity index (χ2v) is 4.80. The normalized spacial score (nSPS) is 21.4. The van der Waals surface area contributed by atoms with Crippen molar-refractivity contribution in [2.24, 2.45) is 10.9 Å². The largest absolute Gasteiger partial charge is 0.409 e. The Bertz CT molecular complexity index is 467. The van der Waals surface area contributed by atoms with Crippen molar-refractivity contribution in [2.45, 2.75) is 25.4 Å². The van der Waals surface area contributed by atoms with E-state index in [1.54, 1.807) is 6.07 Å². The Balaban J connectivity index is 2.13. The van der Waals surface area contributed by atoms with E-state index in [2.05, 4.69) is 10.1 Å². The van der Waals surface area contributed by atoms with Crippen molar-refractivity contribution in [3.8, 4) is 0 Å². The third-order valence-electron chi connectivity index (χ3n) is 3.21. The average Bonchev–Trinajstić information content (AvgIpc) is 2.80. The molecule has 4 nitrogen and oxygen atoms in total. The number of hydrogen-bond acceptors (Lipinski definition) is 3. The minimum Gasteiger partial charge on any atom is -0.409 e. The summed E-state index contributed by atoms with van der Waals surface area (Å²) in [5.74, 6) is -0.135. The smallest absolute Gasteiger partial charge is 0.156 e. The molecule has 1 aliphatic rings. The molecule has 0 amide bonds. The van der Waals surface area contributed by atoms with Gasteiger partial charge in [0.25, 0.3) is 0 Å². The maximum atomic E-state index is 13.0. The molecule has 1 fully saturated rings. The molecule has 0 radical (unpaired) electrons. The molecule has 0 saturated carbocycles. The molecule has 3 N–H and O–H groups in total. The van der Waals surface area contributed by atoms with Crippen LogP contribution in [-0.4, -0.2) is 28.5 Å². The van der Waals surface area contributed by atoms with E-state index < -0.39 is 0 Å². The molecule has 1 saturated heterocycles. The van der Waals surface area contributed by atoms with Crippen molar-refractivity contribution in [3.05, 3.63) is 34.6 Å². The van der Waals surface area contributed by atoms with Crippen molar-refractivity contribution in [3.63, 3.8) is 0 Å². The molecule has 1 aromatic rings. The first-order valence-corrected chi connectivity index (χ1v) is 6.15. The fraction of sp³-hybridized carbons (Fsp3) is 0.417. The standard InChI is InChI=1S/C12H15ClFN3O/c13-10-6-9(14)4-3-8(10)7-17-5-1-2-11(17)12(15)16-18/h3-4,6,11,18H,1-2,5,7H2,(H2,15,16). The number of amidine groups is 1. The molecule has 0 aromatic heterocycles. The van der Waals surface area contributed by atoms with Crippen molar-refractivity contribution in [1.82, 2.24) is 4.90 Å². The molecular formula is C12H15ClFN3O. The average molecular weight is 272 g/mol. The lowest BCUT2D eigenvalue weighted by Gasteiger charge is -2.23. The molecule has 0 bridgehead atoms. The molecule has 0 spiro atoms. The summed E-state index contributed by atoms with van der Waals surface area (Å²) in [7, 11) is 0. The van der Waals surface area contributed by atoms with Gasteiger partial charge in [0.15, 0.2) is 5.84 Å². The Morgan fingerprint density at radius 2 is 2.39 bits per heavy atom. The molecule has 1 aliphatic heterocycles. The number of likely N-dealkylation sites (tertiary alicyclic amines) is 1. The van der Waals surface area contributed by atoms with E-state index in [9.17, 15) is 4.39 Å². The van der Waals surface area contributed by atoms with Gasteiger partial charge < -0.3 is 10.9 Å². The second kappa shape index (κ2) is 5.54. The minimum atomic E-state index is -0.349. The fourth-order valence-corrected chi connectivity index (χ4v) is 2.51. The number of rotatable bonds is 3. The SMILES string of the molecule is NC(=NO)C1CCCN1Cc1ccc(F)cc1Cl. The zero-order valence-electron chi connectivity index (χ0n) is 9.81. The molecule has 1 aromatic carbocycles. The van der Waals surface area contributed by atoms with Crippen LogP contribution >= 0.6 is 11.6 Å². The van der Waals surface area contributed by atoms with Gasteiger partial charge in [0.05, 0.1) is 6.04 Å². The molecule has 1 atom stereocenters. The predicted molar refractivity (Wildman–Crippen MR) is 68.3 cm³/mol. The zero-order chi connectivity index (χ0) is 13.1. The summed E-state index contributed by atoms with van der Waals surface area (Å²) in [5.41, 5.74) is 6.49. The Morgan fingerprint density at radius 3 is 3.06 bits per heavy atom. The second-order valence-electron chi connectivity index (χ2n) is 4.39. The van der Waals surface area contributed by atoms with E-state index in [1.165, 1.54) is 12.1 Å². The van der Waals surface area contributed by atoms with E-state index in [4.69, 9.17) is 22.5 Å². The molecule has 1 unspecified atom stereocenters. The summed E-state index contributed by atoms with van der Waals surface area (Å²) >= 11 is 5.99. The van der Waals surface area contributed by atoms with Crippen LogP contribution in [0.2, 0.25) is 5.02 Å². The van der Waals surface area contributed by atoms with Crippen LogP contribution in [0.15, 0.2) is 23.4 Å². The van der Waals surface area contributed by atoms with Crippen LogP contribution in [0.4, 0.5) is 4.39 Å². The van der Waals surface area contributed by atoms with Crippen LogP contribution in [0, 0.1) is 5.82 Å². The van der Waals surface area contributed by atoms with Crippen molar-refractivity contribution < 1.29 is 9.60 Å². The monoisotopic (exact) mass is 271 g/mol. The highest BCUT2D eigenvalue weighted by molar-refractivity contribution is 6.31. The van der Waals surface area contributed by atoms with Gasteiger partial charge in [-0.1, -0.05) is 22.8 Å². The van der Waals surface area contributed by atoms with E-state index in [0.29, 0.717) is 11.6 Å². The third kappa shape index (κ3) is 2.73. The van der Waals surface area contributed by atoms with Gasteiger partial charge in [0.1, 0.15) is 5.82 Å². The molecular weight excluding hydrogens is 257 g/mol. The van der Waals surface area contributed by atoms with Crippen LogP contribution in [0.1, 0.15) is 18.4 Å². The van der Waals surface area contributed by atoms with E-state index in [-0.39, 0.29) is 17.7 Å². The quantitative estimate of drug-likeness (QED) is 0.383. The van der Waals surface area contributed by atoms with Crippen molar-refractivity contribution in [1.29, 1.82) is 0 Å². The summed E-state index contributed by atoms with van der Waals surface area (Å²) in [6.07, 6.45) is 1.84. The molecule has 2 rings (SSSR count). The molecule has 18 heavy (non-hydrogen) atoms. The Morgan fingerprint density at radius 1 is 1.61 bits per heavy atom. The molecule has 98 valence electrons. The van der Waals surface area contributed by atoms with Crippen LogP contribution in [-0.2, 0) is 6.54 Å². The first-order valence-electron chi connectivity index (χ1n) is 5.77. The van der Waals surface area contributed by atoms with Gasteiger partial charge in [-0.3, -0.25) is 4.90 Å². The Hall–Kier alpha value is -1.33. The molecule has 0 aliphatic carbocycles. The summed E-state index contributed by atoms with van der Waals surface area (Å²) < 4.78 is 13.0. The third-order valence-corrected chi connectivity index (χ3v) is 3.56. The van der Waals surface area contributed by atoms with Gasteiger partial charge in [0, 0.05) is 11.6 Å². The fourth-order valence-electron chi connectivity index (χ4n) is 2.29. The zero-order valence-corrected chi connectivity index (χ0v) is 10.6. The van der Waals surface area contributed by atoms with Gasteiger partial charge in [-0.15, -0.1) is 0 Å². The van der Waals surface area contributed by atoms with Crippen LogP contribution in [0.3, 0.4) is 0 Å². The lowest BCUT2D eigenvalue weighted by atomic mass is 10.1. The van der Waals surface area contributed by atoms with Crippen molar-refractivity contribution in [2.75, 3.05) is 6.54 Å². The van der Waals surface area contributed by atoms with Crippen LogP contribution in [0.5, 0.6) is 0 Å². The van der Waals surface area contributed by atoms with Gasteiger partial charge >= 0.3 is 0 Å². The summed E-state index contributed by atoms with van der Waals surface area (Å²) in [5, 5.41) is 12.2. The highest BCUT2D eigenvalue weighted by Gasteiger charge is 2.28. The first kappa shape index (κ1) is 13.1. The van der Waals surface area contributed by atoms with Gasteiger partial charge in [0.2, 0.25) is 0 Å². The van der Waals surface area contributed by atoms with Gasteiger partial charge in [-0.05, 0) is 37.1 Å². The molecule has 6 heteroatoms. The van der Waals surface area contributed by atoms with Gasteiger partial charge in [-0.25, -0.2) is 4.39 Å². The highest BCUT2D eigenvalue weighted by Crippen LogP contribution is 2.24. The van der Waals surface area contributed by atoms with Crippen LogP contribution < -0.4 is 5.73 Å². The summed E-state index contributed by atoms with van der Waals surface area (Å²) in [6.45, 7) is 1.43. The topological polar surface area (TPSA) is 61.9 Å². The lowest BCUT2D eigenvalue weighted by molar-refractivity contribution is 0.275.